The Hall–Kier alpha value is -0.760. The Morgan fingerprint density at radius 2 is 2.07 bits per heavy atom. The molecule has 0 unspecified atom stereocenters. The molecule has 0 atom stereocenters. The molecule has 1 rings (SSSR count). The molecule has 0 fully saturated rings. The van der Waals surface area contributed by atoms with Crippen LogP contribution in [0.15, 0.2) is 10.5 Å². The quantitative estimate of drug-likeness (QED) is 0.709. The lowest BCUT2D eigenvalue weighted by Gasteiger charge is -2.08. The van der Waals surface area contributed by atoms with Crippen LogP contribution in [0.3, 0.4) is 0 Å². The van der Waals surface area contributed by atoms with Gasteiger partial charge in [-0.15, -0.1) is 0 Å². The first-order valence-electron chi connectivity index (χ1n) is 4.90. The van der Waals surface area contributed by atoms with Gasteiger partial charge in [0.2, 0.25) is 0 Å². The minimum atomic E-state index is -0.0795. The van der Waals surface area contributed by atoms with Gasteiger partial charge in [-0.25, -0.2) is 0 Å². The van der Waals surface area contributed by atoms with Crippen molar-refractivity contribution in [1.29, 1.82) is 0 Å². The Morgan fingerprint density at radius 3 is 2.43 bits per heavy atom. The average molecular weight is 215 g/mol. The molecule has 78 valence electrons. The van der Waals surface area contributed by atoms with Crippen molar-refractivity contribution < 1.29 is 9.21 Å². The van der Waals surface area contributed by atoms with Gasteiger partial charge < -0.3 is 4.42 Å². The number of carbonyl (C=O) groups is 1. The number of furan rings is 1. The first-order valence-corrected chi connectivity index (χ1v) is 5.28. The summed E-state index contributed by atoms with van der Waals surface area (Å²) in [6, 6.07) is 1.61. The highest BCUT2D eigenvalue weighted by Crippen LogP contribution is 2.32. The van der Waals surface area contributed by atoms with Crippen molar-refractivity contribution in [2.45, 2.75) is 39.5 Å². The van der Waals surface area contributed by atoms with Crippen molar-refractivity contribution in [2.75, 3.05) is 0 Å². The van der Waals surface area contributed by atoms with Crippen LogP contribution in [0.5, 0.6) is 0 Å². The van der Waals surface area contributed by atoms with E-state index in [9.17, 15) is 4.79 Å². The summed E-state index contributed by atoms with van der Waals surface area (Å²) in [5, 5.41) is 0.573. The van der Waals surface area contributed by atoms with Gasteiger partial charge in [-0.3, -0.25) is 4.79 Å². The summed E-state index contributed by atoms with van der Waals surface area (Å²) in [7, 11) is 0. The number of rotatable bonds is 4. The Labute approximate surface area is 89.2 Å². The van der Waals surface area contributed by atoms with Gasteiger partial charge in [-0.1, -0.05) is 25.4 Å². The van der Waals surface area contributed by atoms with Crippen LogP contribution in [0.4, 0.5) is 0 Å². The standard InChI is InChI=1S/C11H15ClO2/c1-4-8(5-2)11-9(12)6-10(14-11)7(3)13/h6,8H,4-5H2,1-3H3. The molecule has 0 N–H and O–H groups in total. The highest BCUT2D eigenvalue weighted by atomic mass is 35.5. The van der Waals surface area contributed by atoms with Crippen molar-refractivity contribution in [3.63, 3.8) is 0 Å². The Kier molecular flexibility index (Phi) is 3.76. The summed E-state index contributed by atoms with van der Waals surface area (Å²) in [4.78, 5) is 11.1. The topological polar surface area (TPSA) is 30.2 Å². The number of hydrogen-bond donors (Lipinski definition) is 0. The van der Waals surface area contributed by atoms with E-state index in [1.807, 2.05) is 0 Å². The van der Waals surface area contributed by atoms with Crippen LogP contribution in [0.2, 0.25) is 5.02 Å². The average Bonchev–Trinajstić information content (AvgIpc) is 2.51. The smallest absolute Gasteiger partial charge is 0.194 e. The molecular formula is C11H15ClO2. The molecule has 0 aromatic carbocycles. The molecule has 1 heterocycles. The Morgan fingerprint density at radius 1 is 1.50 bits per heavy atom. The molecule has 0 saturated heterocycles. The number of hydrogen-bond acceptors (Lipinski definition) is 2. The van der Waals surface area contributed by atoms with E-state index in [1.54, 1.807) is 6.07 Å². The summed E-state index contributed by atoms with van der Waals surface area (Å²) in [5.41, 5.74) is 0. The van der Waals surface area contributed by atoms with Gasteiger partial charge in [-0.2, -0.15) is 0 Å². The highest BCUT2D eigenvalue weighted by molar-refractivity contribution is 6.31. The molecule has 14 heavy (non-hydrogen) atoms. The fourth-order valence-corrected chi connectivity index (χ4v) is 1.79. The van der Waals surface area contributed by atoms with Crippen molar-refractivity contribution in [3.05, 3.63) is 22.6 Å². The van der Waals surface area contributed by atoms with E-state index in [0.717, 1.165) is 18.6 Å². The van der Waals surface area contributed by atoms with Crippen LogP contribution in [-0.2, 0) is 0 Å². The van der Waals surface area contributed by atoms with Crippen molar-refractivity contribution in [2.24, 2.45) is 0 Å². The number of ketones is 1. The van der Waals surface area contributed by atoms with Crippen molar-refractivity contribution in [1.82, 2.24) is 0 Å². The Balaban J connectivity index is 3.02. The zero-order valence-corrected chi connectivity index (χ0v) is 9.52. The van der Waals surface area contributed by atoms with Crippen molar-refractivity contribution >= 4 is 17.4 Å². The highest BCUT2D eigenvalue weighted by Gasteiger charge is 2.18. The summed E-state index contributed by atoms with van der Waals surface area (Å²) >= 11 is 6.00. The van der Waals surface area contributed by atoms with Gasteiger partial charge in [0.1, 0.15) is 5.76 Å². The van der Waals surface area contributed by atoms with Gasteiger partial charge in [0.15, 0.2) is 11.5 Å². The van der Waals surface area contributed by atoms with E-state index in [1.165, 1.54) is 6.92 Å². The van der Waals surface area contributed by atoms with E-state index in [0.29, 0.717) is 16.7 Å². The molecule has 1 aromatic heterocycles. The van der Waals surface area contributed by atoms with Crippen LogP contribution in [0, 0.1) is 0 Å². The second kappa shape index (κ2) is 4.65. The maximum absolute atomic E-state index is 11.1. The molecule has 1 aromatic rings. The van der Waals surface area contributed by atoms with E-state index in [2.05, 4.69) is 13.8 Å². The van der Waals surface area contributed by atoms with E-state index in [4.69, 9.17) is 16.0 Å². The fraction of sp³-hybridized carbons (Fsp3) is 0.545. The van der Waals surface area contributed by atoms with Gasteiger partial charge >= 0.3 is 0 Å². The summed E-state index contributed by atoms with van der Waals surface area (Å²) < 4.78 is 5.44. The molecule has 2 nitrogen and oxygen atoms in total. The third-order valence-electron chi connectivity index (χ3n) is 2.42. The molecule has 0 aliphatic carbocycles. The first kappa shape index (κ1) is 11.3. The van der Waals surface area contributed by atoms with Crippen LogP contribution in [-0.4, -0.2) is 5.78 Å². The molecular weight excluding hydrogens is 200 g/mol. The first-order chi connectivity index (χ1) is 6.60. The minimum absolute atomic E-state index is 0.0795. The van der Waals surface area contributed by atoms with Crippen molar-refractivity contribution in [3.8, 4) is 0 Å². The Bertz CT molecular complexity index is 324. The lowest BCUT2D eigenvalue weighted by atomic mass is 10.0. The van der Waals surface area contributed by atoms with Crippen LogP contribution >= 0.6 is 11.6 Å². The van der Waals surface area contributed by atoms with Gasteiger partial charge in [0.25, 0.3) is 0 Å². The monoisotopic (exact) mass is 214 g/mol. The van der Waals surface area contributed by atoms with E-state index < -0.39 is 0 Å². The number of Topliss-reactive ketones (excluding diaryl/α,β-unsaturated/α-hetero) is 1. The van der Waals surface area contributed by atoms with Gasteiger partial charge in [-0.05, 0) is 12.8 Å². The van der Waals surface area contributed by atoms with Gasteiger partial charge in [0, 0.05) is 18.9 Å². The lowest BCUT2D eigenvalue weighted by molar-refractivity contribution is 0.0984. The second-order valence-electron chi connectivity index (χ2n) is 3.39. The third kappa shape index (κ3) is 2.18. The molecule has 3 heteroatoms. The molecule has 0 amide bonds. The predicted octanol–water partition coefficient (Wildman–Crippen LogP) is 4.04. The van der Waals surface area contributed by atoms with Crippen LogP contribution in [0.1, 0.15) is 55.8 Å². The van der Waals surface area contributed by atoms with E-state index in [-0.39, 0.29) is 5.78 Å². The predicted molar refractivity (Wildman–Crippen MR) is 57.0 cm³/mol. The molecule has 0 radical (unpaired) electrons. The molecule has 0 spiro atoms. The van der Waals surface area contributed by atoms with E-state index >= 15 is 0 Å². The molecule has 0 aliphatic heterocycles. The minimum Gasteiger partial charge on any atom is -0.456 e. The van der Waals surface area contributed by atoms with Crippen LogP contribution in [0.25, 0.3) is 0 Å². The second-order valence-corrected chi connectivity index (χ2v) is 3.80. The number of halogens is 1. The SMILES string of the molecule is CCC(CC)c1oc(C(C)=O)cc1Cl. The fourth-order valence-electron chi connectivity index (χ4n) is 1.49. The molecule has 0 bridgehead atoms. The normalized spacial score (nSPS) is 10.9. The summed E-state index contributed by atoms with van der Waals surface area (Å²) in [6.45, 7) is 5.65. The summed E-state index contributed by atoms with van der Waals surface area (Å²) in [6.07, 6.45) is 1.95. The molecule has 0 saturated carbocycles. The third-order valence-corrected chi connectivity index (χ3v) is 2.71. The lowest BCUT2D eigenvalue weighted by Crippen LogP contribution is -1.94. The number of carbonyl (C=O) groups excluding carboxylic acids is 1. The largest absolute Gasteiger partial charge is 0.456 e. The van der Waals surface area contributed by atoms with Crippen LogP contribution < -0.4 is 0 Å². The maximum Gasteiger partial charge on any atom is 0.194 e. The zero-order chi connectivity index (χ0) is 10.7. The maximum atomic E-state index is 11.1. The zero-order valence-electron chi connectivity index (χ0n) is 8.76. The molecule has 0 aliphatic rings. The summed E-state index contributed by atoms with van der Waals surface area (Å²) in [5.74, 6) is 1.35. The van der Waals surface area contributed by atoms with Gasteiger partial charge in [0.05, 0.1) is 5.02 Å².